The molecule has 48 heavy (non-hydrogen) atoms. The molecule has 7 aromatic carbocycles. The summed E-state index contributed by atoms with van der Waals surface area (Å²) in [4.78, 5) is 5.63. The van der Waals surface area contributed by atoms with Crippen LogP contribution in [-0.2, 0) is 5.41 Å². The van der Waals surface area contributed by atoms with Crippen LogP contribution in [0.5, 0.6) is 0 Å². The Bertz CT molecular complexity index is 2760. The van der Waals surface area contributed by atoms with Crippen LogP contribution in [0.4, 0.5) is 0 Å². The van der Waals surface area contributed by atoms with E-state index in [0.29, 0.717) is 0 Å². The van der Waals surface area contributed by atoms with E-state index >= 15 is 0 Å². The molecule has 0 saturated carbocycles. The van der Waals surface area contributed by atoms with Gasteiger partial charge < -0.3 is 0 Å². The molecule has 0 bridgehead atoms. The molecule has 0 unspecified atom stereocenters. The average molecular weight is 632 g/mol. The third-order valence-electron chi connectivity index (χ3n) is 11.1. The molecule has 0 fully saturated rings. The van der Waals surface area contributed by atoms with Crippen molar-refractivity contribution in [2.75, 3.05) is 0 Å². The molecule has 2 heteroatoms. The second-order valence-corrected chi connectivity index (χ2v) is 14.4. The van der Waals surface area contributed by atoms with Gasteiger partial charge in [-0.15, -0.1) is 11.3 Å². The summed E-state index contributed by atoms with van der Waals surface area (Å²) in [5, 5.41) is 8.83. The van der Waals surface area contributed by atoms with Gasteiger partial charge >= 0.3 is 0 Å². The van der Waals surface area contributed by atoms with Gasteiger partial charge in [0.2, 0.25) is 0 Å². The lowest BCUT2D eigenvalue weighted by Crippen LogP contribution is -2.23. The first kappa shape index (κ1) is 27.8. The van der Waals surface area contributed by atoms with Gasteiger partial charge in [-0.2, -0.15) is 0 Å². The van der Waals surface area contributed by atoms with Crippen LogP contribution < -0.4 is 0 Å². The molecule has 0 spiro atoms. The fourth-order valence-electron chi connectivity index (χ4n) is 8.68. The minimum absolute atomic E-state index is 0.00963. The van der Waals surface area contributed by atoms with Crippen molar-refractivity contribution >= 4 is 64.0 Å². The molecule has 1 nitrogen and oxygen atoms in total. The Labute approximate surface area is 284 Å². The van der Waals surface area contributed by atoms with E-state index in [1.165, 1.54) is 86.0 Å². The highest BCUT2D eigenvalue weighted by atomic mass is 32.1. The van der Waals surface area contributed by atoms with Crippen LogP contribution in [0.25, 0.3) is 86.1 Å². The number of benzene rings is 7. The van der Waals surface area contributed by atoms with Gasteiger partial charge in [0, 0.05) is 36.5 Å². The highest BCUT2D eigenvalue weighted by Crippen LogP contribution is 2.53. The highest BCUT2D eigenvalue weighted by Gasteiger charge is 2.40. The molecule has 0 atom stereocenters. The molecule has 10 rings (SSSR count). The summed E-state index contributed by atoms with van der Waals surface area (Å²) < 4.78 is 2.59. The summed E-state index contributed by atoms with van der Waals surface area (Å²) >= 11 is 1.87. The quantitative estimate of drug-likeness (QED) is 0.188. The van der Waals surface area contributed by atoms with E-state index in [2.05, 4.69) is 153 Å². The van der Waals surface area contributed by atoms with E-state index < -0.39 is 0 Å². The van der Waals surface area contributed by atoms with Gasteiger partial charge in [0.1, 0.15) is 0 Å². The van der Waals surface area contributed by atoms with Crippen molar-refractivity contribution in [1.29, 1.82) is 0 Å². The molecule has 0 N–H and O–H groups in total. The van der Waals surface area contributed by atoms with Crippen LogP contribution >= 0.6 is 11.3 Å². The third-order valence-corrected chi connectivity index (χ3v) is 12.3. The monoisotopic (exact) mass is 631 g/mol. The summed E-state index contributed by atoms with van der Waals surface area (Å²) in [6, 6.07) is 52.0. The van der Waals surface area contributed by atoms with Gasteiger partial charge in [-0.1, -0.05) is 123 Å². The summed E-state index contributed by atoms with van der Waals surface area (Å²) in [7, 11) is 0. The van der Waals surface area contributed by atoms with Crippen LogP contribution in [0.2, 0.25) is 0 Å². The van der Waals surface area contributed by atoms with Gasteiger partial charge in [0.05, 0.1) is 11.2 Å². The second kappa shape index (κ2) is 10.3. The summed E-state index contributed by atoms with van der Waals surface area (Å²) in [5.74, 6) is 0. The third kappa shape index (κ3) is 3.81. The Hall–Kier alpha value is -5.31. The average Bonchev–Trinajstić information content (AvgIpc) is 3.68. The number of fused-ring (bicyclic) bond motifs is 11. The van der Waals surface area contributed by atoms with Crippen molar-refractivity contribution in [2.24, 2.45) is 0 Å². The standard InChI is InChI=1S/C46H33NS/c1-3-46(4-2)38-16-10-9-15-34(38)35-21-19-32(26-39(35)46)40-27-37(31-18-17-28-11-5-6-13-30(28)25-31)36-22-24-42-44(45(36)47-40)43-33-14-8-7-12-29(33)20-23-41(43)48-42/h5-27H,3-4H2,1-2H3. The lowest BCUT2D eigenvalue weighted by molar-refractivity contribution is 0.490. The molecule has 1 aliphatic carbocycles. The normalized spacial score (nSPS) is 13.5. The summed E-state index contributed by atoms with van der Waals surface area (Å²) in [6.45, 7) is 4.69. The zero-order valence-electron chi connectivity index (χ0n) is 27.0. The van der Waals surface area contributed by atoms with Crippen molar-refractivity contribution in [1.82, 2.24) is 4.98 Å². The molecule has 1 aliphatic rings. The summed E-state index contributed by atoms with van der Waals surface area (Å²) in [5.41, 5.74) is 11.4. The number of thiophene rings is 1. The Balaban J connectivity index is 1.31. The topological polar surface area (TPSA) is 12.9 Å². The molecule has 0 saturated heterocycles. The molecule has 2 heterocycles. The maximum absolute atomic E-state index is 5.63. The number of nitrogens with zero attached hydrogens (tertiary/aromatic N) is 1. The number of pyridine rings is 1. The molecular formula is C46H33NS. The van der Waals surface area contributed by atoms with Gasteiger partial charge in [0.15, 0.2) is 0 Å². The van der Waals surface area contributed by atoms with Gasteiger partial charge in [-0.25, -0.2) is 4.98 Å². The zero-order valence-corrected chi connectivity index (χ0v) is 27.9. The number of hydrogen-bond donors (Lipinski definition) is 0. The molecule has 2 aromatic heterocycles. The minimum Gasteiger partial charge on any atom is -0.247 e. The smallest absolute Gasteiger partial charge is 0.0809 e. The van der Waals surface area contributed by atoms with Gasteiger partial charge in [0.25, 0.3) is 0 Å². The molecule has 0 aliphatic heterocycles. The van der Waals surface area contributed by atoms with Crippen LogP contribution in [0, 0.1) is 0 Å². The molecule has 0 radical (unpaired) electrons. The van der Waals surface area contributed by atoms with E-state index in [1.807, 2.05) is 11.3 Å². The predicted molar refractivity (Wildman–Crippen MR) is 207 cm³/mol. The van der Waals surface area contributed by atoms with Crippen LogP contribution in [0.3, 0.4) is 0 Å². The summed E-state index contributed by atoms with van der Waals surface area (Å²) in [6.07, 6.45) is 2.14. The van der Waals surface area contributed by atoms with Crippen molar-refractivity contribution < 1.29 is 0 Å². The first-order valence-corrected chi connectivity index (χ1v) is 17.9. The number of hydrogen-bond acceptors (Lipinski definition) is 2. The SMILES string of the molecule is CCC1(CC)c2ccccc2-c2ccc(-c3cc(-c4ccc5ccccc5c4)c4ccc5sc6ccc7ccccc7c6c5c4n3)cc21. The zero-order chi connectivity index (χ0) is 32.0. The second-order valence-electron chi connectivity index (χ2n) is 13.3. The fraction of sp³-hybridized carbons (Fsp3) is 0.109. The molecule has 0 amide bonds. The van der Waals surface area contributed by atoms with E-state index in [4.69, 9.17) is 4.98 Å². The Morgan fingerprint density at radius 2 is 1.19 bits per heavy atom. The van der Waals surface area contributed by atoms with E-state index in [1.54, 1.807) is 0 Å². The molecule has 9 aromatic rings. The number of rotatable bonds is 4. The first-order valence-electron chi connectivity index (χ1n) is 17.1. The van der Waals surface area contributed by atoms with E-state index in [-0.39, 0.29) is 5.41 Å². The van der Waals surface area contributed by atoms with Crippen molar-refractivity contribution in [3.05, 3.63) is 151 Å². The number of aromatic nitrogens is 1. The minimum atomic E-state index is 0.00963. The lowest BCUT2D eigenvalue weighted by Gasteiger charge is -2.30. The maximum Gasteiger partial charge on any atom is 0.0809 e. The van der Waals surface area contributed by atoms with Crippen LogP contribution in [0.1, 0.15) is 37.8 Å². The van der Waals surface area contributed by atoms with Crippen molar-refractivity contribution in [3.8, 4) is 33.5 Å². The first-order chi connectivity index (χ1) is 23.7. The maximum atomic E-state index is 5.63. The van der Waals surface area contributed by atoms with Gasteiger partial charge in [-0.3, -0.25) is 0 Å². The highest BCUT2D eigenvalue weighted by molar-refractivity contribution is 7.26. The van der Waals surface area contributed by atoms with E-state index in [9.17, 15) is 0 Å². The molecular weight excluding hydrogens is 599 g/mol. The Kier molecular flexibility index (Phi) is 5.98. The van der Waals surface area contributed by atoms with Crippen molar-refractivity contribution in [3.63, 3.8) is 0 Å². The Morgan fingerprint density at radius 3 is 2.06 bits per heavy atom. The largest absolute Gasteiger partial charge is 0.247 e. The predicted octanol–water partition coefficient (Wildman–Crippen LogP) is 13.3. The van der Waals surface area contributed by atoms with E-state index in [0.717, 1.165) is 24.1 Å². The van der Waals surface area contributed by atoms with Gasteiger partial charge in [-0.05, 0) is 98.1 Å². The Morgan fingerprint density at radius 1 is 0.500 bits per heavy atom. The fourth-order valence-corrected chi connectivity index (χ4v) is 9.81. The molecule has 228 valence electrons. The van der Waals surface area contributed by atoms with Crippen molar-refractivity contribution in [2.45, 2.75) is 32.1 Å². The lowest BCUT2D eigenvalue weighted by atomic mass is 9.73. The van der Waals surface area contributed by atoms with Crippen LogP contribution in [-0.4, -0.2) is 4.98 Å². The van der Waals surface area contributed by atoms with Crippen LogP contribution in [0.15, 0.2) is 140 Å².